The Kier molecular flexibility index (Phi) is 5.61. The minimum Gasteiger partial charge on any atom is -0.390 e. The maximum Gasteiger partial charge on any atom is 0.105 e. The van der Waals surface area contributed by atoms with Crippen LogP contribution in [0.15, 0.2) is 24.3 Å². The topological polar surface area (TPSA) is 40.5 Å². The van der Waals surface area contributed by atoms with Gasteiger partial charge >= 0.3 is 0 Å². The lowest BCUT2D eigenvalue weighted by Gasteiger charge is -2.17. The Morgan fingerprint density at radius 1 is 1.33 bits per heavy atom. The quantitative estimate of drug-likeness (QED) is 0.819. The molecule has 0 amide bonds. The summed E-state index contributed by atoms with van der Waals surface area (Å²) in [4.78, 5) is 0. The molecular weight excluding hydrogens is 279 g/mol. The average Bonchev–Trinajstić information content (AvgIpc) is 2.28. The number of halogens is 2. The summed E-state index contributed by atoms with van der Waals surface area (Å²) in [5, 5.41) is 20.1. The molecule has 15 heavy (non-hydrogen) atoms. The molecule has 0 saturated carbocycles. The minimum atomic E-state index is -0.842. The molecule has 2 unspecified atom stereocenters. The van der Waals surface area contributed by atoms with E-state index in [1.54, 1.807) is 6.07 Å². The fourth-order valence-corrected chi connectivity index (χ4v) is 1.99. The first-order valence-corrected chi connectivity index (χ1v) is 6.41. The van der Waals surface area contributed by atoms with E-state index in [0.717, 1.165) is 5.56 Å². The number of hydrogen-bond donors (Lipinski definition) is 2. The SMILES string of the molecule is OC(CCBr)C(O)c1cccc(CCl)c1. The Bertz CT molecular complexity index is 306. The average molecular weight is 294 g/mol. The Balaban J connectivity index is 2.76. The predicted molar refractivity (Wildman–Crippen MR) is 65.4 cm³/mol. The third-order valence-electron chi connectivity index (χ3n) is 2.22. The Morgan fingerprint density at radius 2 is 2.07 bits per heavy atom. The van der Waals surface area contributed by atoms with E-state index < -0.39 is 12.2 Å². The zero-order chi connectivity index (χ0) is 11.3. The van der Waals surface area contributed by atoms with Gasteiger partial charge < -0.3 is 10.2 Å². The van der Waals surface area contributed by atoms with Gasteiger partial charge in [0.1, 0.15) is 6.10 Å². The van der Waals surface area contributed by atoms with Crippen molar-refractivity contribution >= 4 is 27.5 Å². The van der Waals surface area contributed by atoms with Crippen molar-refractivity contribution < 1.29 is 10.2 Å². The summed E-state index contributed by atoms with van der Waals surface area (Å²) >= 11 is 8.92. The van der Waals surface area contributed by atoms with Crippen LogP contribution in [-0.4, -0.2) is 21.6 Å². The van der Waals surface area contributed by atoms with Gasteiger partial charge in [0.15, 0.2) is 0 Å². The second-order valence-electron chi connectivity index (χ2n) is 3.37. The van der Waals surface area contributed by atoms with E-state index in [0.29, 0.717) is 23.2 Å². The van der Waals surface area contributed by atoms with Gasteiger partial charge in [0.25, 0.3) is 0 Å². The molecule has 0 bridgehead atoms. The molecule has 2 nitrogen and oxygen atoms in total. The third kappa shape index (κ3) is 3.76. The molecule has 0 spiro atoms. The van der Waals surface area contributed by atoms with Gasteiger partial charge in [0, 0.05) is 11.2 Å². The van der Waals surface area contributed by atoms with Crippen LogP contribution in [0.1, 0.15) is 23.7 Å². The molecule has 0 aromatic heterocycles. The highest BCUT2D eigenvalue weighted by atomic mass is 79.9. The van der Waals surface area contributed by atoms with E-state index in [9.17, 15) is 10.2 Å². The summed E-state index contributed by atoms with van der Waals surface area (Å²) in [6.07, 6.45) is -1.06. The Hall–Kier alpha value is -0.0900. The molecule has 0 aliphatic heterocycles. The molecule has 1 aromatic rings. The third-order valence-corrected chi connectivity index (χ3v) is 2.98. The first kappa shape index (κ1) is 13.0. The summed E-state index contributed by atoms with van der Waals surface area (Å²) in [6.45, 7) is 0. The van der Waals surface area contributed by atoms with E-state index in [2.05, 4.69) is 15.9 Å². The van der Waals surface area contributed by atoms with Crippen molar-refractivity contribution in [2.75, 3.05) is 5.33 Å². The number of rotatable bonds is 5. The lowest BCUT2D eigenvalue weighted by molar-refractivity contribution is 0.0173. The molecule has 84 valence electrons. The van der Waals surface area contributed by atoms with Gasteiger partial charge in [-0.25, -0.2) is 0 Å². The van der Waals surface area contributed by atoms with Gasteiger partial charge in [-0.2, -0.15) is 0 Å². The number of alkyl halides is 2. The summed E-state index contributed by atoms with van der Waals surface area (Å²) < 4.78 is 0. The first-order chi connectivity index (χ1) is 7.19. The number of aliphatic hydroxyl groups excluding tert-OH is 2. The van der Waals surface area contributed by atoms with Crippen molar-refractivity contribution in [2.45, 2.75) is 24.5 Å². The lowest BCUT2D eigenvalue weighted by Crippen LogP contribution is -2.18. The monoisotopic (exact) mass is 292 g/mol. The molecule has 1 aromatic carbocycles. The summed E-state index contributed by atoms with van der Waals surface area (Å²) in [7, 11) is 0. The van der Waals surface area contributed by atoms with E-state index >= 15 is 0 Å². The summed E-state index contributed by atoms with van der Waals surface area (Å²) in [5.41, 5.74) is 1.65. The maximum atomic E-state index is 9.83. The molecule has 0 aliphatic rings. The summed E-state index contributed by atoms with van der Waals surface area (Å²) in [6, 6.07) is 7.32. The highest BCUT2D eigenvalue weighted by Crippen LogP contribution is 2.21. The fraction of sp³-hybridized carbons (Fsp3) is 0.455. The second kappa shape index (κ2) is 6.48. The Morgan fingerprint density at radius 3 is 2.67 bits per heavy atom. The smallest absolute Gasteiger partial charge is 0.105 e. The van der Waals surface area contributed by atoms with Crippen LogP contribution < -0.4 is 0 Å². The molecule has 2 N–H and O–H groups in total. The minimum absolute atomic E-state index is 0.412. The van der Waals surface area contributed by atoms with E-state index in [-0.39, 0.29) is 0 Å². The molecular formula is C11H14BrClO2. The van der Waals surface area contributed by atoms with Gasteiger partial charge in [-0.05, 0) is 17.5 Å². The summed E-state index contributed by atoms with van der Waals surface area (Å²) in [5.74, 6) is 0.412. The standard InChI is InChI=1S/C11H14BrClO2/c12-5-4-10(14)11(15)9-3-1-2-8(6-9)7-13/h1-3,6,10-11,14-15H,4-5,7H2. The molecule has 2 atom stereocenters. The van der Waals surface area contributed by atoms with Crippen LogP contribution in [0.25, 0.3) is 0 Å². The van der Waals surface area contributed by atoms with Crippen molar-refractivity contribution in [3.05, 3.63) is 35.4 Å². The van der Waals surface area contributed by atoms with Crippen LogP contribution in [-0.2, 0) is 5.88 Å². The van der Waals surface area contributed by atoms with Crippen LogP contribution in [0, 0.1) is 0 Å². The normalized spacial score (nSPS) is 14.9. The molecule has 0 fully saturated rings. The lowest BCUT2D eigenvalue weighted by atomic mass is 10.0. The second-order valence-corrected chi connectivity index (χ2v) is 4.43. The van der Waals surface area contributed by atoms with Crippen molar-refractivity contribution in [1.82, 2.24) is 0 Å². The van der Waals surface area contributed by atoms with Crippen LogP contribution in [0.3, 0.4) is 0 Å². The van der Waals surface area contributed by atoms with Gasteiger partial charge in [-0.15, -0.1) is 11.6 Å². The maximum absolute atomic E-state index is 9.83. The van der Waals surface area contributed by atoms with Crippen molar-refractivity contribution in [1.29, 1.82) is 0 Å². The van der Waals surface area contributed by atoms with Crippen molar-refractivity contribution in [2.24, 2.45) is 0 Å². The van der Waals surface area contributed by atoms with Gasteiger partial charge in [0.2, 0.25) is 0 Å². The number of benzene rings is 1. The molecule has 0 aliphatic carbocycles. The highest BCUT2D eigenvalue weighted by Gasteiger charge is 2.17. The van der Waals surface area contributed by atoms with Crippen LogP contribution in [0.2, 0.25) is 0 Å². The van der Waals surface area contributed by atoms with E-state index in [1.165, 1.54) is 0 Å². The number of aliphatic hydroxyl groups is 2. The molecule has 0 radical (unpaired) electrons. The molecule has 0 heterocycles. The largest absolute Gasteiger partial charge is 0.390 e. The predicted octanol–water partition coefficient (Wildman–Crippen LogP) is 2.60. The fourth-order valence-electron chi connectivity index (χ4n) is 1.35. The zero-order valence-electron chi connectivity index (χ0n) is 8.24. The van der Waals surface area contributed by atoms with Crippen molar-refractivity contribution in [3.8, 4) is 0 Å². The Labute approximate surface area is 103 Å². The molecule has 4 heteroatoms. The zero-order valence-corrected chi connectivity index (χ0v) is 10.6. The van der Waals surface area contributed by atoms with Gasteiger partial charge in [-0.3, -0.25) is 0 Å². The van der Waals surface area contributed by atoms with Gasteiger partial charge in [0.05, 0.1) is 6.10 Å². The van der Waals surface area contributed by atoms with Crippen LogP contribution in [0.4, 0.5) is 0 Å². The number of hydrogen-bond acceptors (Lipinski definition) is 2. The van der Waals surface area contributed by atoms with E-state index in [4.69, 9.17) is 11.6 Å². The van der Waals surface area contributed by atoms with Crippen molar-refractivity contribution in [3.63, 3.8) is 0 Å². The van der Waals surface area contributed by atoms with E-state index in [1.807, 2.05) is 18.2 Å². The molecule has 0 saturated heterocycles. The van der Waals surface area contributed by atoms with Crippen LogP contribution in [0.5, 0.6) is 0 Å². The van der Waals surface area contributed by atoms with Gasteiger partial charge in [-0.1, -0.05) is 40.2 Å². The molecule has 1 rings (SSSR count). The highest BCUT2D eigenvalue weighted by molar-refractivity contribution is 9.09. The first-order valence-electron chi connectivity index (χ1n) is 4.76. The van der Waals surface area contributed by atoms with Crippen LogP contribution >= 0.6 is 27.5 Å².